The standard InChI is InChI=1S/C20H21FN2O2/c21-18-4-2-1-3-15(18)9-12-19(24)23(17-10-11-17)13-14-5-7-16(8-6-14)20(22)25/h1-8,17H,9-13H2,(H2,22,25). The van der Waals surface area contributed by atoms with Crippen molar-refractivity contribution in [1.82, 2.24) is 4.90 Å². The largest absolute Gasteiger partial charge is 0.366 e. The van der Waals surface area contributed by atoms with Gasteiger partial charge in [0, 0.05) is 24.6 Å². The van der Waals surface area contributed by atoms with Crippen LogP contribution in [0.2, 0.25) is 0 Å². The van der Waals surface area contributed by atoms with Crippen LogP contribution < -0.4 is 5.73 Å². The zero-order chi connectivity index (χ0) is 17.8. The number of amides is 2. The number of halogens is 1. The van der Waals surface area contributed by atoms with E-state index in [4.69, 9.17) is 5.73 Å². The number of nitrogens with two attached hydrogens (primary N) is 1. The Morgan fingerprint density at radius 3 is 2.36 bits per heavy atom. The number of primary amides is 1. The number of hydrogen-bond donors (Lipinski definition) is 1. The van der Waals surface area contributed by atoms with E-state index in [1.54, 1.807) is 30.3 Å². The fourth-order valence-electron chi connectivity index (χ4n) is 2.86. The zero-order valence-corrected chi connectivity index (χ0v) is 14.0. The normalized spacial score (nSPS) is 13.5. The van der Waals surface area contributed by atoms with Crippen molar-refractivity contribution in [2.45, 2.75) is 38.3 Å². The van der Waals surface area contributed by atoms with Crippen LogP contribution in [0.1, 0.15) is 40.7 Å². The molecule has 0 radical (unpaired) electrons. The van der Waals surface area contributed by atoms with Crippen molar-refractivity contribution < 1.29 is 14.0 Å². The van der Waals surface area contributed by atoms with Gasteiger partial charge in [-0.15, -0.1) is 0 Å². The Bertz CT molecular complexity index is 770. The predicted octanol–water partition coefficient (Wildman–Crippen LogP) is 3.05. The molecule has 2 N–H and O–H groups in total. The maximum atomic E-state index is 13.7. The summed E-state index contributed by atoms with van der Waals surface area (Å²) in [5, 5.41) is 0. The van der Waals surface area contributed by atoms with Crippen molar-refractivity contribution in [3.63, 3.8) is 0 Å². The molecule has 0 spiro atoms. The van der Waals surface area contributed by atoms with E-state index >= 15 is 0 Å². The Balaban J connectivity index is 1.63. The van der Waals surface area contributed by atoms with Crippen molar-refractivity contribution in [2.24, 2.45) is 5.73 Å². The second kappa shape index (κ2) is 7.47. The molecule has 3 rings (SSSR count). The lowest BCUT2D eigenvalue weighted by Crippen LogP contribution is -2.32. The second-order valence-corrected chi connectivity index (χ2v) is 6.41. The van der Waals surface area contributed by atoms with Crippen LogP contribution in [0.15, 0.2) is 48.5 Å². The smallest absolute Gasteiger partial charge is 0.248 e. The Labute approximate surface area is 146 Å². The summed E-state index contributed by atoms with van der Waals surface area (Å²) in [6.07, 6.45) is 2.70. The third kappa shape index (κ3) is 4.44. The van der Waals surface area contributed by atoms with Crippen molar-refractivity contribution in [1.29, 1.82) is 0 Å². The summed E-state index contributed by atoms with van der Waals surface area (Å²) in [7, 11) is 0. The van der Waals surface area contributed by atoms with Crippen molar-refractivity contribution in [2.75, 3.05) is 0 Å². The molecule has 0 aromatic heterocycles. The number of aryl methyl sites for hydroxylation is 1. The van der Waals surface area contributed by atoms with Gasteiger partial charge in [-0.3, -0.25) is 9.59 Å². The van der Waals surface area contributed by atoms with Gasteiger partial charge in [-0.25, -0.2) is 4.39 Å². The van der Waals surface area contributed by atoms with Crippen LogP contribution in [-0.2, 0) is 17.8 Å². The third-order valence-corrected chi connectivity index (χ3v) is 4.47. The first-order chi connectivity index (χ1) is 12.0. The Hall–Kier alpha value is -2.69. The lowest BCUT2D eigenvalue weighted by molar-refractivity contribution is -0.132. The van der Waals surface area contributed by atoms with Crippen molar-refractivity contribution >= 4 is 11.8 Å². The molecule has 0 saturated heterocycles. The molecule has 0 aliphatic heterocycles. The van der Waals surface area contributed by atoms with E-state index in [9.17, 15) is 14.0 Å². The molecule has 0 bridgehead atoms. The van der Waals surface area contributed by atoms with E-state index in [0.717, 1.165) is 18.4 Å². The highest BCUT2D eigenvalue weighted by Gasteiger charge is 2.32. The van der Waals surface area contributed by atoms with E-state index in [0.29, 0.717) is 24.1 Å². The number of rotatable bonds is 7. The van der Waals surface area contributed by atoms with E-state index in [1.165, 1.54) is 6.07 Å². The van der Waals surface area contributed by atoms with E-state index in [-0.39, 0.29) is 24.2 Å². The molecule has 0 atom stereocenters. The highest BCUT2D eigenvalue weighted by molar-refractivity contribution is 5.92. The van der Waals surface area contributed by atoms with Crippen LogP contribution in [-0.4, -0.2) is 22.8 Å². The molecule has 130 valence electrons. The van der Waals surface area contributed by atoms with Crippen LogP contribution in [0.25, 0.3) is 0 Å². The molecule has 25 heavy (non-hydrogen) atoms. The van der Waals surface area contributed by atoms with Gasteiger partial charge in [0.05, 0.1) is 0 Å². The van der Waals surface area contributed by atoms with Gasteiger partial charge in [0.15, 0.2) is 0 Å². The van der Waals surface area contributed by atoms with Gasteiger partial charge >= 0.3 is 0 Å². The minimum Gasteiger partial charge on any atom is -0.366 e. The van der Waals surface area contributed by atoms with Crippen LogP contribution in [0.5, 0.6) is 0 Å². The summed E-state index contributed by atoms with van der Waals surface area (Å²) in [6.45, 7) is 0.500. The summed E-state index contributed by atoms with van der Waals surface area (Å²) in [5.41, 5.74) is 7.22. The average molecular weight is 340 g/mol. The van der Waals surface area contributed by atoms with Gasteiger partial charge in [-0.2, -0.15) is 0 Å². The summed E-state index contributed by atoms with van der Waals surface area (Å²) in [4.78, 5) is 25.6. The highest BCUT2D eigenvalue weighted by Crippen LogP contribution is 2.29. The maximum absolute atomic E-state index is 13.7. The van der Waals surface area contributed by atoms with Crippen LogP contribution in [0.3, 0.4) is 0 Å². The van der Waals surface area contributed by atoms with Crippen LogP contribution in [0.4, 0.5) is 4.39 Å². The first kappa shape index (κ1) is 17.1. The highest BCUT2D eigenvalue weighted by atomic mass is 19.1. The molecule has 1 fully saturated rings. The summed E-state index contributed by atoms with van der Waals surface area (Å²) in [5.74, 6) is -0.702. The minimum absolute atomic E-state index is 0.0322. The van der Waals surface area contributed by atoms with Gasteiger partial charge in [-0.1, -0.05) is 30.3 Å². The molecular formula is C20H21FN2O2. The predicted molar refractivity (Wildman–Crippen MR) is 93.3 cm³/mol. The molecule has 4 nitrogen and oxygen atoms in total. The summed E-state index contributed by atoms with van der Waals surface area (Å²) in [6, 6.07) is 13.8. The molecule has 2 aromatic rings. The fourth-order valence-corrected chi connectivity index (χ4v) is 2.86. The van der Waals surface area contributed by atoms with Gasteiger partial charge in [0.25, 0.3) is 0 Å². The number of nitrogens with zero attached hydrogens (tertiary/aromatic N) is 1. The van der Waals surface area contributed by atoms with Gasteiger partial charge in [0.2, 0.25) is 11.8 Å². The molecule has 1 aliphatic rings. The van der Waals surface area contributed by atoms with Crippen molar-refractivity contribution in [3.05, 3.63) is 71.0 Å². The molecule has 0 unspecified atom stereocenters. The second-order valence-electron chi connectivity index (χ2n) is 6.41. The lowest BCUT2D eigenvalue weighted by Gasteiger charge is -2.23. The zero-order valence-electron chi connectivity index (χ0n) is 14.0. The van der Waals surface area contributed by atoms with Crippen LogP contribution >= 0.6 is 0 Å². The first-order valence-electron chi connectivity index (χ1n) is 8.46. The van der Waals surface area contributed by atoms with E-state index in [2.05, 4.69) is 0 Å². The summed E-state index contributed by atoms with van der Waals surface area (Å²) >= 11 is 0. The van der Waals surface area contributed by atoms with Crippen LogP contribution in [0, 0.1) is 5.82 Å². The monoisotopic (exact) mass is 340 g/mol. The summed E-state index contributed by atoms with van der Waals surface area (Å²) < 4.78 is 13.7. The van der Waals surface area contributed by atoms with Gasteiger partial charge in [0.1, 0.15) is 5.82 Å². The molecule has 5 heteroatoms. The minimum atomic E-state index is -0.466. The molecular weight excluding hydrogens is 319 g/mol. The number of hydrogen-bond acceptors (Lipinski definition) is 2. The third-order valence-electron chi connectivity index (χ3n) is 4.47. The topological polar surface area (TPSA) is 63.4 Å². The quantitative estimate of drug-likeness (QED) is 0.842. The van der Waals surface area contributed by atoms with Gasteiger partial charge in [-0.05, 0) is 48.6 Å². The molecule has 1 aliphatic carbocycles. The van der Waals surface area contributed by atoms with Gasteiger partial charge < -0.3 is 10.6 Å². The fraction of sp³-hybridized carbons (Fsp3) is 0.300. The van der Waals surface area contributed by atoms with E-state index in [1.807, 2.05) is 17.0 Å². The molecule has 2 aromatic carbocycles. The molecule has 0 heterocycles. The number of carbonyl (C=O) groups excluding carboxylic acids is 2. The Kier molecular flexibility index (Phi) is 5.12. The Morgan fingerprint density at radius 2 is 1.76 bits per heavy atom. The average Bonchev–Trinajstić information content (AvgIpc) is 3.44. The van der Waals surface area contributed by atoms with Crippen molar-refractivity contribution in [3.8, 4) is 0 Å². The number of carbonyl (C=O) groups is 2. The first-order valence-corrected chi connectivity index (χ1v) is 8.46. The van der Waals surface area contributed by atoms with E-state index < -0.39 is 5.91 Å². The number of benzene rings is 2. The SMILES string of the molecule is NC(=O)c1ccc(CN(C(=O)CCc2ccccc2F)C2CC2)cc1. The molecule has 2 amide bonds. The maximum Gasteiger partial charge on any atom is 0.248 e. The Morgan fingerprint density at radius 1 is 1.08 bits per heavy atom. The lowest BCUT2D eigenvalue weighted by atomic mass is 10.1. The molecule has 1 saturated carbocycles.